The fourth-order valence-corrected chi connectivity index (χ4v) is 5.74. The minimum absolute atomic E-state index is 0.219. The molecule has 2 N–H and O–H groups in total. The zero-order chi connectivity index (χ0) is 19.3. The standard InChI is InChI=1S/C19H29N3O3S2/c1-25-16-10-11-17(21-19(26)20-15-8-4-2-5-9-15)18(14-16)27(23,24)22-12-6-3-7-13-22/h10-11,14-15H,2-9,12-13H2,1H3,(H2,20,21,26). The van der Waals surface area contributed by atoms with Gasteiger partial charge in [0.05, 0.1) is 12.8 Å². The van der Waals surface area contributed by atoms with E-state index in [1.54, 1.807) is 22.5 Å². The predicted molar refractivity (Wildman–Crippen MR) is 112 cm³/mol. The van der Waals surface area contributed by atoms with Gasteiger partial charge >= 0.3 is 0 Å². The van der Waals surface area contributed by atoms with E-state index in [9.17, 15) is 8.42 Å². The van der Waals surface area contributed by atoms with Gasteiger partial charge in [-0.15, -0.1) is 0 Å². The van der Waals surface area contributed by atoms with Crippen LogP contribution in [0.4, 0.5) is 5.69 Å². The van der Waals surface area contributed by atoms with Gasteiger partial charge in [0.2, 0.25) is 10.0 Å². The molecule has 6 nitrogen and oxygen atoms in total. The molecular formula is C19H29N3O3S2. The number of nitrogens with one attached hydrogen (secondary N) is 2. The summed E-state index contributed by atoms with van der Waals surface area (Å²) in [4.78, 5) is 0.219. The van der Waals surface area contributed by atoms with Crippen LogP contribution in [0.1, 0.15) is 51.4 Å². The minimum atomic E-state index is -3.60. The van der Waals surface area contributed by atoms with Gasteiger partial charge in [-0.1, -0.05) is 25.7 Å². The Morgan fingerprint density at radius 1 is 1.11 bits per heavy atom. The van der Waals surface area contributed by atoms with Crippen LogP contribution in [0, 0.1) is 0 Å². The molecule has 0 unspecified atom stereocenters. The molecule has 0 radical (unpaired) electrons. The lowest BCUT2D eigenvalue weighted by atomic mass is 9.96. The molecule has 2 aliphatic rings. The number of nitrogens with zero attached hydrogens (tertiary/aromatic N) is 1. The lowest BCUT2D eigenvalue weighted by molar-refractivity contribution is 0.346. The van der Waals surface area contributed by atoms with Crippen LogP contribution in [0.2, 0.25) is 0 Å². The van der Waals surface area contributed by atoms with Crippen molar-refractivity contribution in [2.45, 2.75) is 62.3 Å². The average Bonchev–Trinajstić information content (AvgIpc) is 2.69. The molecule has 1 saturated carbocycles. The molecule has 1 saturated heterocycles. The third-order valence-corrected chi connectivity index (χ3v) is 7.47. The quantitative estimate of drug-likeness (QED) is 0.723. The maximum Gasteiger partial charge on any atom is 0.245 e. The van der Waals surface area contributed by atoms with Crippen LogP contribution in [-0.4, -0.2) is 44.1 Å². The molecule has 1 aromatic rings. The molecule has 27 heavy (non-hydrogen) atoms. The van der Waals surface area contributed by atoms with Crippen LogP contribution >= 0.6 is 12.2 Å². The van der Waals surface area contributed by atoms with Crippen LogP contribution in [0.15, 0.2) is 23.1 Å². The SMILES string of the molecule is COc1ccc(NC(=S)NC2CCCCC2)c(S(=O)(=O)N2CCCCC2)c1. The van der Waals surface area contributed by atoms with E-state index >= 15 is 0 Å². The second-order valence-electron chi connectivity index (χ2n) is 7.26. The summed E-state index contributed by atoms with van der Waals surface area (Å²) in [7, 11) is -2.06. The summed E-state index contributed by atoms with van der Waals surface area (Å²) in [5, 5.41) is 6.92. The van der Waals surface area contributed by atoms with E-state index in [1.165, 1.54) is 26.4 Å². The highest BCUT2D eigenvalue weighted by Gasteiger charge is 2.29. The van der Waals surface area contributed by atoms with Gasteiger partial charge in [0.25, 0.3) is 0 Å². The molecule has 1 heterocycles. The average molecular weight is 412 g/mol. The Labute approximate surface area is 167 Å². The zero-order valence-electron chi connectivity index (χ0n) is 15.9. The number of thiocarbonyl (C=S) groups is 1. The van der Waals surface area contributed by atoms with Gasteiger partial charge in [0.1, 0.15) is 10.6 Å². The molecule has 0 bridgehead atoms. The van der Waals surface area contributed by atoms with Crippen LogP contribution in [0.5, 0.6) is 5.75 Å². The Kier molecular flexibility index (Phi) is 6.94. The molecule has 1 aliphatic heterocycles. The largest absolute Gasteiger partial charge is 0.497 e. The summed E-state index contributed by atoms with van der Waals surface area (Å²) in [5.41, 5.74) is 0.495. The van der Waals surface area contributed by atoms with Crippen molar-refractivity contribution in [2.75, 3.05) is 25.5 Å². The van der Waals surface area contributed by atoms with Crippen molar-refractivity contribution in [2.24, 2.45) is 0 Å². The molecule has 2 fully saturated rings. The van der Waals surface area contributed by atoms with Crippen molar-refractivity contribution in [1.29, 1.82) is 0 Å². The summed E-state index contributed by atoms with van der Waals surface area (Å²) in [6.07, 6.45) is 8.75. The normalized spacial score (nSPS) is 19.4. The Balaban J connectivity index is 1.80. The van der Waals surface area contributed by atoms with E-state index in [-0.39, 0.29) is 4.90 Å². The second-order valence-corrected chi connectivity index (χ2v) is 9.57. The molecule has 3 rings (SSSR count). The van der Waals surface area contributed by atoms with Gasteiger partial charge in [0, 0.05) is 25.2 Å². The van der Waals surface area contributed by atoms with Gasteiger partial charge in [-0.05, 0) is 50.0 Å². The van der Waals surface area contributed by atoms with Crippen molar-refractivity contribution in [3.63, 3.8) is 0 Å². The predicted octanol–water partition coefficient (Wildman–Crippen LogP) is 3.49. The van der Waals surface area contributed by atoms with E-state index in [0.29, 0.717) is 35.7 Å². The molecule has 0 spiro atoms. The zero-order valence-corrected chi connectivity index (χ0v) is 17.5. The van der Waals surface area contributed by atoms with Crippen molar-refractivity contribution < 1.29 is 13.2 Å². The lowest BCUT2D eigenvalue weighted by Crippen LogP contribution is -2.39. The summed E-state index contributed by atoms with van der Waals surface area (Å²) >= 11 is 5.46. The van der Waals surface area contributed by atoms with Gasteiger partial charge in [-0.25, -0.2) is 8.42 Å². The molecule has 0 aromatic heterocycles. The Morgan fingerprint density at radius 3 is 2.44 bits per heavy atom. The van der Waals surface area contributed by atoms with Crippen LogP contribution < -0.4 is 15.4 Å². The van der Waals surface area contributed by atoms with E-state index in [4.69, 9.17) is 17.0 Å². The van der Waals surface area contributed by atoms with E-state index in [1.807, 2.05) is 0 Å². The van der Waals surface area contributed by atoms with Crippen LogP contribution in [-0.2, 0) is 10.0 Å². The third kappa shape index (κ3) is 5.12. The number of benzene rings is 1. The first-order chi connectivity index (χ1) is 13.0. The Bertz CT molecular complexity index is 755. The topological polar surface area (TPSA) is 70.7 Å². The number of ether oxygens (including phenoxy) is 1. The van der Waals surface area contributed by atoms with Gasteiger partial charge in [-0.2, -0.15) is 4.31 Å². The molecular weight excluding hydrogens is 382 g/mol. The maximum atomic E-state index is 13.2. The monoisotopic (exact) mass is 411 g/mol. The van der Waals surface area contributed by atoms with Crippen molar-refractivity contribution in [3.8, 4) is 5.75 Å². The molecule has 150 valence electrons. The lowest BCUT2D eigenvalue weighted by Gasteiger charge is -2.28. The number of hydrogen-bond acceptors (Lipinski definition) is 4. The number of anilines is 1. The maximum absolute atomic E-state index is 13.2. The Hall–Kier alpha value is -1.38. The number of rotatable bonds is 5. The Morgan fingerprint density at radius 2 is 1.78 bits per heavy atom. The minimum Gasteiger partial charge on any atom is -0.497 e. The highest BCUT2D eigenvalue weighted by Crippen LogP contribution is 2.30. The van der Waals surface area contributed by atoms with Crippen LogP contribution in [0.25, 0.3) is 0 Å². The first-order valence-electron chi connectivity index (χ1n) is 9.76. The van der Waals surface area contributed by atoms with Crippen LogP contribution in [0.3, 0.4) is 0 Å². The first kappa shape index (κ1) is 20.4. The third-order valence-electron chi connectivity index (χ3n) is 5.31. The molecule has 1 aliphatic carbocycles. The number of sulfonamides is 1. The van der Waals surface area contributed by atoms with Crippen molar-refractivity contribution in [3.05, 3.63) is 18.2 Å². The van der Waals surface area contributed by atoms with E-state index < -0.39 is 10.0 Å². The molecule has 1 aromatic carbocycles. The van der Waals surface area contributed by atoms with Gasteiger partial charge in [-0.3, -0.25) is 0 Å². The number of hydrogen-bond donors (Lipinski definition) is 2. The van der Waals surface area contributed by atoms with E-state index in [2.05, 4.69) is 10.6 Å². The van der Waals surface area contributed by atoms with Crippen molar-refractivity contribution in [1.82, 2.24) is 9.62 Å². The second kappa shape index (κ2) is 9.21. The fraction of sp³-hybridized carbons (Fsp3) is 0.632. The van der Waals surface area contributed by atoms with Gasteiger partial charge < -0.3 is 15.4 Å². The van der Waals surface area contributed by atoms with Crippen molar-refractivity contribution >= 4 is 33.0 Å². The summed E-state index contributed by atoms with van der Waals surface area (Å²) in [6.45, 7) is 1.12. The first-order valence-corrected chi connectivity index (χ1v) is 11.6. The van der Waals surface area contributed by atoms with Gasteiger partial charge in [0.15, 0.2) is 5.11 Å². The summed E-state index contributed by atoms with van der Waals surface area (Å²) in [6, 6.07) is 5.42. The highest BCUT2D eigenvalue weighted by molar-refractivity contribution is 7.89. The molecule has 8 heteroatoms. The smallest absolute Gasteiger partial charge is 0.245 e. The highest BCUT2D eigenvalue weighted by atomic mass is 32.2. The summed E-state index contributed by atoms with van der Waals surface area (Å²) < 4.78 is 33.3. The number of piperidine rings is 1. The summed E-state index contributed by atoms with van der Waals surface area (Å²) in [5.74, 6) is 0.516. The molecule has 0 amide bonds. The fourth-order valence-electron chi connectivity index (χ4n) is 3.78. The molecule has 0 atom stereocenters. The van der Waals surface area contributed by atoms with E-state index in [0.717, 1.165) is 32.1 Å². The number of methoxy groups -OCH3 is 1.